The number of nitro groups is 2. The molecule has 8 rings (SSSR count). The molecule has 0 bridgehead atoms. The van der Waals surface area contributed by atoms with Crippen LogP contribution in [0.3, 0.4) is 0 Å². The van der Waals surface area contributed by atoms with Crippen LogP contribution in [-0.2, 0) is 19.2 Å². The van der Waals surface area contributed by atoms with Crippen molar-refractivity contribution in [3.63, 3.8) is 0 Å². The zero-order valence-corrected chi connectivity index (χ0v) is 25.5. The quantitative estimate of drug-likeness (QED) is 0.127. The highest BCUT2D eigenvalue weighted by atomic mass is 16.6. The van der Waals surface area contributed by atoms with Gasteiger partial charge >= 0.3 is 0 Å². The van der Waals surface area contributed by atoms with Gasteiger partial charge in [0.15, 0.2) is 0 Å². The van der Waals surface area contributed by atoms with Crippen molar-refractivity contribution in [1.29, 1.82) is 0 Å². The van der Waals surface area contributed by atoms with E-state index in [0.29, 0.717) is 16.5 Å². The largest absolute Gasteiger partial charge is 0.507 e. The number of benzene rings is 4. The van der Waals surface area contributed by atoms with E-state index in [2.05, 4.69) is 0 Å². The Morgan fingerprint density at radius 3 is 1.78 bits per heavy atom. The number of amides is 4. The third-order valence-corrected chi connectivity index (χ3v) is 10.6. The van der Waals surface area contributed by atoms with E-state index in [9.17, 15) is 44.5 Å². The fourth-order valence-electron chi connectivity index (χ4n) is 8.42. The molecule has 13 heteroatoms. The number of allylic oxidation sites excluding steroid dienone is 2. The number of aromatic hydroxyl groups is 1. The van der Waals surface area contributed by atoms with Crippen LogP contribution < -0.4 is 9.80 Å². The lowest BCUT2D eigenvalue weighted by Crippen LogP contribution is -2.43. The topological polar surface area (TPSA) is 181 Å². The molecule has 4 aromatic carbocycles. The summed E-state index contributed by atoms with van der Waals surface area (Å²) in [7, 11) is 0. The Labute approximate surface area is 277 Å². The number of phenols is 1. The van der Waals surface area contributed by atoms with Gasteiger partial charge < -0.3 is 5.11 Å². The lowest BCUT2D eigenvalue weighted by molar-refractivity contribution is -0.385. The Morgan fingerprint density at radius 2 is 1.18 bits per heavy atom. The number of carbonyl (C=O) groups excluding carboxylic acids is 4. The first-order chi connectivity index (χ1) is 23.6. The molecular weight excluding hydrogens is 632 g/mol. The second-order valence-electron chi connectivity index (χ2n) is 12.8. The summed E-state index contributed by atoms with van der Waals surface area (Å²) in [5, 5.41) is 35.5. The van der Waals surface area contributed by atoms with Gasteiger partial charge in [-0.2, -0.15) is 0 Å². The maximum absolute atomic E-state index is 14.3. The van der Waals surface area contributed by atoms with Crippen molar-refractivity contribution in [2.75, 3.05) is 9.80 Å². The molecule has 4 amide bonds. The van der Waals surface area contributed by atoms with Gasteiger partial charge in [0.25, 0.3) is 11.4 Å². The minimum atomic E-state index is -0.952. The van der Waals surface area contributed by atoms with E-state index in [1.165, 1.54) is 48.5 Å². The first-order valence-corrected chi connectivity index (χ1v) is 15.7. The van der Waals surface area contributed by atoms with Crippen molar-refractivity contribution < 1.29 is 34.1 Å². The lowest BCUT2D eigenvalue weighted by Gasteiger charge is -2.44. The van der Waals surface area contributed by atoms with Gasteiger partial charge in [-0.25, -0.2) is 0 Å². The molecule has 4 aliphatic rings. The number of hydrogen-bond acceptors (Lipinski definition) is 9. The van der Waals surface area contributed by atoms with Crippen LogP contribution in [0.2, 0.25) is 0 Å². The number of imide groups is 2. The summed E-state index contributed by atoms with van der Waals surface area (Å²) >= 11 is 0. The van der Waals surface area contributed by atoms with Crippen molar-refractivity contribution in [3.05, 3.63) is 122 Å². The van der Waals surface area contributed by atoms with E-state index in [0.717, 1.165) is 15.2 Å². The number of non-ortho nitro benzene ring substituents is 2. The molecule has 49 heavy (non-hydrogen) atoms. The average molecular weight is 659 g/mol. The fourth-order valence-corrected chi connectivity index (χ4v) is 8.42. The molecule has 1 N–H and O–H groups in total. The molecule has 3 fully saturated rings. The second-order valence-corrected chi connectivity index (χ2v) is 12.8. The van der Waals surface area contributed by atoms with Gasteiger partial charge in [0.1, 0.15) is 5.75 Å². The van der Waals surface area contributed by atoms with Crippen LogP contribution in [0.1, 0.15) is 24.3 Å². The maximum atomic E-state index is 14.3. The first-order valence-electron chi connectivity index (χ1n) is 15.7. The van der Waals surface area contributed by atoms with Crippen molar-refractivity contribution in [2.45, 2.75) is 18.8 Å². The van der Waals surface area contributed by atoms with Crippen molar-refractivity contribution in [1.82, 2.24) is 0 Å². The number of rotatable bonds is 5. The summed E-state index contributed by atoms with van der Waals surface area (Å²) in [6.45, 7) is 0. The predicted molar refractivity (Wildman–Crippen MR) is 174 cm³/mol. The highest BCUT2D eigenvalue weighted by molar-refractivity contribution is 6.24. The SMILES string of the molecule is O=C1[C@H]2[C@H](CC=C3[C@H]2C[C@H]2C(=O)N(c4ccc([N+](=O)[O-])cc4)C(=O)[C@H]2[C@H]3c2ccc3ccccc3c2O)C(=O)N1c1ccc([N+](=O)[O-])cc1. The highest BCUT2D eigenvalue weighted by Crippen LogP contribution is 2.59. The smallest absolute Gasteiger partial charge is 0.269 e. The number of nitro benzene ring substituents is 2. The second kappa shape index (κ2) is 10.9. The third kappa shape index (κ3) is 4.38. The van der Waals surface area contributed by atoms with E-state index in [-0.39, 0.29) is 41.3 Å². The molecule has 2 aliphatic carbocycles. The molecule has 4 aromatic rings. The Kier molecular flexibility index (Phi) is 6.70. The summed E-state index contributed by atoms with van der Waals surface area (Å²) in [6, 6.07) is 21.0. The Bertz CT molecular complexity index is 2180. The van der Waals surface area contributed by atoms with Gasteiger partial charge in [0.05, 0.1) is 44.9 Å². The number of fused-ring (bicyclic) bond motifs is 5. The fraction of sp³-hybridized carbons (Fsp3) is 0.222. The Morgan fingerprint density at radius 1 is 0.633 bits per heavy atom. The first kappa shape index (κ1) is 30.1. The monoisotopic (exact) mass is 658 g/mol. The molecule has 6 atom stereocenters. The van der Waals surface area contributed by atoms with E-state index in [4.69, 9.17) is 0 Å². The average Bonchev–Trinajstić information content (AvgIpc) is 3.51. The van der Waals surface area contributed by atoms with Crippen LogP contribution in [0.15, 0.2) is 96.6 Å². The van der Waals surface area contributed by atoms with Crippen LogP contribution in [-0.4, -0.2) is 38.6 Å². The third-order valence-electron chi connectivity index (χ3n) is 10.6. The molecule has 2 heterocycles. The summed E-state index contributed by atoms with van der Waals surface area (Å²) in [5.41, 5.74) is 1.07. The maximum Gasteiger partial charge on any atom is 0.269 e. The van der Waals surface area contributed by atoms with Crippen LogP contribution >= 0.6 is 0 Å². The van der Waals surface area contributed by atoms with Gasteiger partial charge in [0.2, 0.25) is 23.6 Å². The van der Waals surface area contributed by atoms with Gasteiger partial charge in [-0.15, -0.1) is 0 Å². The van der Waals surface area contributed by atoms with E-state index >= 15 is 0 Å². The van der Waals surface area contributed by atoms with Crippen LogP contribution in [0, 0.1) is 49.8 Å². The highest BCUT2D eigenvalue weighted by Gasteiger charge is 2.62. The van der Waals surface area contributed by atoms with Crippen molar-refractivity contribution >= 4 is 57.2 Å². The standard InChI is InChI=1S/C36H26N4O9/c41-32-23-4-2-1-3-18(23)5-14-25(32)29-24-15-16-26-30(35(44)37(33(26)42)19-6-10-21(11-7-19)39(46)47)27(24)17-28-31(29)36(45)38(34(28)43)20-8-12-22(13-9-20)40(48)49/h1-15,26-31,41H,16-17H2/t26-,27+,28+,29+,30-,31+/m0/s1. The molecular formula is C36H26N4O9. The molecule has 13 nitrogen and oxygen atoms in total. The molecule has 2 aliphatic heterocycles. The van der Waals surface area contributed by atoms with Gasteiger partial charge in [-0.3, -0.25) is 49.2 Å². The number of phenolic OH excluding ortho intramolecular Hbond substituents is 1. The lowest BCUT2D eigenvalue weighted by atomic mass is 9.57. The zero-order chi connectivity index (χ0) is 34.3. The van der Waals surface area contributed by atoms with Crippen molar-refractivity contribution in [2.24, 2.45) is 29.6 Å². The molecule has 244 valence electrons. The number of nitrogens with zero attached hydrogens (tertiary/aromatic N) is 4. The zero-order valence-electron chi connectivity index (χ0n) is 25.5. The molecule has 1 saturated carbocycles. The predicted octanol–water partition coefficient (Wildman–Crippen LogP) is 5.41. The molecule has 0 aromatic heterocycles. The van der Waals surface area contributed by atoms with E-state index < -0.39 is 69.0 Å². The molecule has 0 spiro atoms. The summed E-state index contributed by atoms with van der Waals surface area (Å²) < 4.78 is 0. The summed E-state index contributed by atoms with van der Waals surface area (Å²) in [6.07, 6.45) is 2.13. The van der Waals surface area contributed by atoms with E-state index in [1.54, 1.807) is 18.2 Å². The summed E-state index contributed by atoms with van der Waals surface area (Å²) in [4.78, 5) is 79.9. The number of carbonyl (C=O) groups is 4. The minimum absolute atomic E-state index is 0.0547. The summed E-state index contributed by atoms with van der Waals surface area (Å²) in [5.74, 6) is -7.00. The molecule has 0 radical (unpaired) electrons. The molecule has 0 unspecified atom stereocenters. The number of anilines is 2. The Balaban J connectivity index is 1.24. The van der Waals surface area contributed by atoms with Crippen molar-refractivity contribution in [3.8, 4) is 5.75 Å². The van der Waals surface area contributed by atoms with Crippen LogP contribution in [0.5, 0.6) is 5.75 Å². The molecule has 2 saturated heterocycles. The van der Waals surface area contributed by atoms with Crippen LogP contribution in [0.4, 0.5) is 22.7 Å². The minimum Gasteiger partial charge on any atom is -0.507 e. The van der Waals surface area contributed by atoms with Gasteiger partial charge in [-0.05, 0) is 48.4 Å². The van der Waals surface area contributed by atoms with Gasteiger partial charge in [0, 0.05) is 41.1 Å². The van der Waals surface area contributed by atoms with Crippen LogP contribution in [0.25, 0.3) is 10.8 Å². The van der Waals surface area contributed by atoms with E-state index in [1.807, 2.05) is 24.3 Å². The van der Waals surface area contributed by atoms with Gasteiger partial charge in [-0.1, -0.05) is 48.0 Å². The normalized spacial score (nSPS) is 26.0. The number of hydrogen-bond donors (Lipinski definition) is 1. The Hall–Kier alpha value is -6.24.